The predicted molar refractivity (Wildman–Crippen MR) is 106 cm³/mol. The van der Waals surface area contributed by atoms with Crippen LogP contribution in [-0.2, 0) is 19.3 Å². The Morgan fingerprint density at radius 2 is 2.04 bits per heavy atom. The molecule has 0 saturated heterocycles. The number of nitrogens with one attached hydrogen (secondary N) is 2. The molecule has 0 aliphatic carbocycles. The number of ether oxygens (including phenoxy) is 1. The van der Waals surface area contributed by atoms with E-state index in [0.717, 1.165) is 60.3 Å². The van der Waals surface area contributed by atoms with E-state index in [4.69, 9.17) is 16.3 Å². The van der Waals surface area contributed by atoms with Crippen LogP contribution in [0, 0.1) is 0 Å². The van der Waals surface area contributed by atoms with Gasteiger partial charge in [-0.25, -0.2) is 4.98 Å². The molecule has 0 saturated carbocycles. The van der Waals surface area contributed by atoms with Crippen LogP contribution in [-0.4, -0.2) is 38.2 Å². The number of aryl methyl sites for hydroxylation is 1. The van der Waals surface area contributed by atoms with E-state index in [2.05, 4.69) is 32.9 Å². The number of benzene rings is 1. The summed E-state index contributed by atoms with van der Waals surface area (Å²) in [4.78, 5) is 8.82. The molecule has 25 heavy (non-hydrogen) atoms. The van der Waals surface area contributed by atoms with Crippen LogP contribution < -0.4 is 15.4 Å². The highest BCUT2D eigenvalue weighted by Crippen LogP contribution is 2.22. The zero-order valence-corrected chi connectivity index (χ0v) is 16.5. The highest BCUT2D eigenvalue weighted by molar-refractivity contribution is 7.09. The fraction of sp³-hybridized carbons (Fsp3) is 0.444. The molecule has 0 atom stereocenters. The zero-order chi connectivity index (χ0) is 18.1. The Kier molecular flexibility index (Phi) is 8.01. The van der Waals surface area contributed by atoms with Gasteiger partial charge in [0.25, 0.3) is 0 Å². The van der Waals surface area contributed by atoms with Crippen molar-refractivity contribution in [1.29, 1.82) is 0 Å². The normalized spacial score (nSPS) is 11.4. The summed E-state index contributed by atoms with van der Waals surface area (Å²) in [7, 11) is 3.41. The van der Waals surface area contributed by atoms with Crippen LogP contribution in [0.15, 0.2) is 28.6 Å². The number of aliphatic imine (C=N–C) groups is 1. The van der Waals surface area contributed by atoms with Crippen LogP contribution in [0.1, 0.15) is 23.2 Å². The number of thiazole rings is 1. The minimum atomic E-state index is 0.722. The number of hydrogen-bond acceptors (Lipinski definition) is 4. The summed E-state index contributed by atoms with van der Waals surface area (Å²) in [6.07, 6.45) is 2.70. The van der Waals surface area contributed by atoms with Crippen molar-refractivity contribution in [1.82, 2.24) is 15.6 Å². The molecular formula is C18H25ClN4OS. The molecule has 0 unspecified atom stereocenters. The average Bonchev–Trinajstić information content (AvgIpc) is 3.09. The maximum absolute atomic E-state index is 6.26. The summed E-state index contributed by atoms with van der Waals surface area (Å²) < 4.78 is 5.17. The summed E-state index contributed by atoms with van der Waals surface area (Å²) in [5, 5.41) is 10.7. The van der Waals surface area contributed by atoms with Crippen LogP contribution >= 0.6 is 22.9 Å². The molecule has 0 spiro atoms. The van der Waals surface area contributed by atoms with Gasteiger partial charge < -0.3 is 15.4 Å². The molecule has 0 radical (unpaired) electrons. The van der Waals surface area contributed by atoms with Crippen molar-refractivity contribution in [2.75, 3.05) is 27.2 Å². The van der Waals surface area contributed by atoms with Gasteiger partial charge in [0.15, 0.2) is 5.96 Å². The molecule has 2 rings (SSSR count). The van der Waals surface area contributed by atoms with E-state index >= 15 is 0 Å². The van der Waals surface area contributed by atoms with Gasteiger partial charge in [-0.3, -0.25) is 4.99 Å². The van der Waals surface area contributed by atoms with Gasteiger partial charge >= 0.3 is 0 Å². The molecule has 0 fully saturated rings. The Balaban J connectivity index is 1.73. The summed E-state index contributed by atoms with van der Waals surface area (Å²) in [6, 6.07) is 5.75. The van der Waals surface area contributed by atoms with E-state index in [0.29, 0.717) is 0 Å². The third-order valence-corrected chi connectivity index (χ3v) is 5.14. The minimum absolute atomic E-state index is 0.722. The van der Waals surface area contributed by atoms with E-state index in [1.54, 1.807) is 25.5 Å². The first kappa shape index (κ1) is 19.5. The number of rotatable bonds is 8. The largest absolute Gasteiger partial charge is 0.497 e. The third-order valence-electron chi connectivity index (χ3n) is 3.75. The van der Waals surface area contributed by atoms with Crippen LogP contribution in [0.4, 0.5) is 0 Å². The summed E-state index contributed by atoms with van der Waals surface area (Å²) in [5.41, 5.74) is 2.22. The average molecular weight is 381 g/mol. The number of hydrogen-bond donors (Lipinski definition) is 2. The number of guanidine groups is 1. The summed E-state index contributed by atoms with van der Waals surface area (Å²) >= 11 is 7.99. The van der Waals surface area contributed by atoms with Crippen LogP contribution in [0.2, 0.25) is 5.02 Å². The molecule has 2 aromatic rings. The lowest BCUT2D eigenvalue weighted by Crippen LogP contribution is -2.39. The predicted octanol–water partition coefficient (Wildman–Crippen LogP) is 3.32. The smallest absolute Gasteiger partial charge is 0.190 e. The standard InChI is InChI=1S/C18H25ClN4OS/c1-4-17-23-14(12-25-17)8-10-22-18(20-2)21-9-7-13-5-6-15(24-3)11-16(13)19/h5-6,11-12H,4,7-10H2,1-3H3,(H2,20,21,22). The zero-order valence-electron chi connectivity index (χ0n) is 14.9. The number of aromatic nitrogens is 1. The molecule has 2 N–H and O–H groups in total. The fourth-order valence-corrected chi connectivity index (χ4v) is 3.37. The molecular weight excluding hydrogens is 356 g/mol. The van der Waals surface area contributed by atoms with Gasteiger partial charge in [-0.05, 0) is 30.5 Å². The van der Waals surface area contributed by atoms with Crippen LogP contribution in [0.3, 0.4) is 0 Å². The minimum Gasteiger partial charge on any atom is -0.497 e. The van der Waals surface area contributed by atoms with Crippen molar-refractivity contribution in [3.63, 3.8) is 0 Å². The van der Waals surface area contributed by atoms with Gasteiger partial charge in [-0.15, -0.1) is 11.3 Å². The third kappa shape index (κ3) is 6.21. The second kappa shape index (κ2) is 10.3. The van der Waals surface area contributed by atoms with E-state index < -0.39 is 0 Å². The summed E-state index contributed by atoms with van der Waals surface area (Å²) in [6.45, 7) is 3.68. The van der Waals surface area contributed by atoms with Crippen molar-refractivity contribution in [3.05, 3.63) is 44.9 Å². The van der Waals surface area contributed by atoms with Crippen molar-refractivity contribution in [2.24, 2.45) is 4.99 Å². The second-order valence-electron chi connectivity index (χ2n) is 5.47. The van der Waals surface area contributed by atoms with Gasteiger partial charge in [0, 0.05) is 37.0 Å². The first-order chi connectivity index (χ1) is 12.2. The lowest BCUT2D eigenvalue weighted by Gasteiger charge is -2.12. The Hall–Kier alpha value is -1.79. The SMILES string of the molecule is CCc1nc(CCNC(=NC)NCCc2ccc(OC)cc2Cl)cs1. The lowest BCUT2D eigenvalue weighted by atomic mass is 10.1. The Bertz CT molecular complexity index is 702. The van der Waals surface area contributed by atoms with Crippen molar-refractivity contribution in [2.45, 2.75) is 26.2 Å². The van der Waals surface area contributed by atoms with Gasteiger partial charge in [-0.2, -0.15) is 0 Å². The quantitative estimate of drug-likeness (QED) is 0.545. The molecule has 136 valence electrons. The summed E-state index contributed by atoms with van der Waals surface area (Å²) in [5.74, 6) is 1.56. The topological polar surface area (TPSA) is 58.5 Å². The highest BCUT2D eigenvalue weighted by atomic mass is 35.5. The Labute approximate surface area is 158 Å². The van der Waals surface area contributed by atoms with E-state index in [1.165, 1.54) is 5.01 Å². The second-order valence-corrected chi connectivity index (χ2v) is 6.82. The molecule has 0 bridgehead atoms. The van der Waals surface area contributed by atoms with E-state index in [9.17, 15) is 0 Å². The van der Waals surface area contributed by atoms with Gasteiger partial charge in [0.2, 0.25) is 0 Å². The van der Waals surface area contributed by atoms with Crippen molar-refractivity contribution >= 4 is 28.9 Å². The molecule has 7 heteroatoms. The molecule has 0 amide bonds. The number of nitrogens with zero attached hydrogens (tertiary/aromatic N) is 2. The van der Waals surface area contributed by atoms with Crippen molar-refractivity contribution < 1.29 is 4.74 Å². The highest BCUT2D eigenvalue weighted by Gasteiger charge is 2.04. The van der Waals surface area contributed by atoms with E-state index in [-0.39, 0.29) is 0 Å². The number of halogens is 1. The number of methoxy groups -OCH3 is 1. The Morgan fingerprint density at radius 1 is 1.28 bits per heavy atom. The Morgan fingerprint density at radius 3 is 2.64 bits per heavy atom. The fourth-order valence-electron chi connectivity index (χ4n) is 2.33. The van der Waals surface area contributed by atoms with Crippen LogP contribution in [0.5, 0.6) is 5.75 Å². The first-order valence-corrected chi connectivity index (χ1v) is 9.62. The maximum atomic E-state index is 6.26. The molecule has 0 aliphatic rings. The molecule has 1 aromatic heterocycles. The van der Waals surface area contributed by atoms with Gasteiger partial charge in [0.1, 0.15) is 5.75 Å². The van der Waals surface area contributed by atoms with Gasteiger partial charge in [0.05, 0.1) is 17.8 Å². The molecule has 5 nitrogen and oxygen atoms in total. The van der Waals surface area contributed by atoms with Crippen molar-refractivity contribution in [3.8, 4) is 5.75 Å². The van der Waals surface area contributed by atoms with Gasteiger partial charge in [-0.1, -0.05) is 24.6 Å². The molecule has 1 heterocycles. The monoisotopic (exact) mass is 380 g/mol. The van der Waals surface area contributed by atoms with E-state index in [1.807, 2.05) is 18.2 Å². The maximum Gasteiger partial charge on any atom is 0.190 e. The molecule has 0 aliphatic heterocycles. The molecule has 1 aromatic carbocycles. The first-order valence-electron chi connectivity index (χ1n) is 8.36. The van der Waals surface area contributed by atoms with Crippen LogP contribution in [0.25, 0.3) is 0 Å². The lowest BCUT2D eigenvalue weighted by molar-refractivity contribution is 0.414.